The van der Waals surface area contributed by atoms with Crippen LogP contribution in [0.5, 0.6) is 0 Å². The van der Waals surface area contributed by atoms with Crippen molar-refractivity contribution in [2.75, 3.05) is 13.7 Å². The number of methoxy groups -OCH3 is 1. The fourth-order valence-corrected chi connectivity index (χ4v) is 10.9. The molecule has 0 aliphatic carbocycles. The van der Waals surface area contributed by atoms with Crippen LogP contribution in [0.2, 0.25) is 0 Å². The van der Waals surface area contributed by atoms with Gasteiger partial charge in [-0.05, 0) is 78.6 Å². The maximum atomic E-state index is 5.59. The lowest BCUT2D eigenvalue weighted by Crippen LogP contribution is -2.38. The molecule has 246 valence electrons. The molecule has 1 aliphatic rings. The van der Waals surface area contributed by atoms with E-state index in [1.807, 2.05) is 0 Å². The van der Waals surface area contributed by atoms with E-state index in [1.165, 1.54) is 32.3 Å². The Morgan fingerprint density at radius 2 is 1.18 bits per heavy atom. The molecule has 0 radical (unpaired) electrons. The zero-order valence-electron chi connectivity index (χ0n) is 28.9. The highest BCUT2D eigenvalue weighted by atomic mass is 31.2. The number of hydrogen-bond acceptors (Lipinski definition) is 2. The van der Waals surface area contributed by atoms with Crippen molar-refractivity contribution in [3.8, 4) is 11.1 Å². The predicted molar refractivity (Wildman–Crippen MR) is 212 cm³/mol. The first-order valence-corrected chi connectivity index (χ1v) is 19.0. The normalized spacial score (nSPS) is 15.7. The lowest BCUT2D eigenvalue weighted by molar-refractivity contribution is 0.164. The van der Waals surface area contributed by atoms with E-state index in [-0.39, 0.29) is 12.1 Å². The summed E-state index contributed by atoms with van der Waals surface area (Å²) in [6.07, 6.45) is 12.8. The number of allylic oxidation sites excluding steroid dienone is 3. The van der Waals surface area contributed by atoms with Crippen LogP contribution < -0.4 is 21.2 Å². The maximum Gasteiger partial charge on any atom is 0.144 e. The molecule has 5 aromatic carbocycles. The van der Waals surface area contributed by atoms with Crippen molar-refractivity contribution >= 4 is 34.3 Å². The average Bonchev–Trinajstić information content (AvgIpc) is 3.16. The summed E-state index contributed by atoms with van der Waals surface area (Å²) < 4.78 is 5.59. The van der Waals surface area contributed by atoms with Gasteiger partial charge in [-0.15, -0.1) is 0 Å². The summed E-state index contributed by atoms with van der Waals surface area (Å²) in [5.74, 6) is 1.29. The van der Waals surface area contributed by atoms with Gasteiger partial charge in [0, 0.05) is 18.9 Å². The quantitative estimate of drug-likeness (QED) is 0.0613. The van der Waals surface area contributed by atoms with Gasteiger partial charge in [0.25, 0.3) is 0 Å². The van der Waals surface area contributed by atoms with Crippen LogP contribution in [-0.2, 0) is 4.74 Å². The topological polar surface area (TPSA) is 24.8 Å². The largest absolute Gasteiger partial charge is 0.382 e. The lowest BCUT2D eigenvalue weighted by Gasteiger charge is -2.31. The Labute approximate surface area is 293 Å². The second-order valence-corrected chi connectivity index (χ2v) is 16.1. The van der Waals surface area contributed by atoms with Crippen molar-refractivity contribution in [1.29, 1.82) is 0 Å². The molecule has 0 fully saturated rings. The highest BCUT2D eigenvalue weighted by Gasteiger charge is 2.47. The third-order valence-electron chi connectivity index (χ3n) is 9.18. The van der Waals surface area contributed by atoms with Crippen LogP contribution in [0.3, 0.4) is 0 Å². The Morgan fingerprint density at radius 1 is 0.694 bits per heavy atom. The zero-order valence-corrected chi connectivity index (χ0v) is 29.8. The van der Waals surface area contributed by atoms with E-state index in [4.69, 9.17) is 9.73 Å². The second-order valence-electron chi connectivity index (χ2n) is 12.7. The maximum absolute atomic E-state index is 5.59. The summed E-state index contributed by atoms with van der Waals surface area (Å²) >= 11 is 0. The van der Waals surface area contributed by atoms with E-state index in [2.05, 4.69) is 202 Å². The van der Waals surface area contributed by atoms with E-state index in [0.29, 0.717) is 12.5 Å². The van der Waals surface area contributed by atoms with Crippen LogP contribution in [0.1, 0.15) is 26.3 Å². The Kier molecular flexibility index (Phi) is 11.2. The first-order chi connectivity index (χ1) is 24.1. The molecule has 0 spiro atoms. The summed E-state index contributed by atoms with van der Waals surface area (Å²) in [4.78, 5) is 7.58. The summed E-state index contributed by atoms with van der Waals surface area (Å²) in [6.45, 7) is 7.05. The van der Waals surface area contributed by atoms with Crippen LogP contribution in [0.15, 0.2) is 181 Å². The van der Waals surface area contributed by atoms with Crippen molar-refractivity contribution in [3.63, 3.8) is 0 Å². The van der Waals surface area contributed by atoms with E-state index in [0.717, 1.165) is 11.4 Å². The molecule has 0 N–H and O–H groups in total. The molecule has 0 bridgehead atoms. The highest BCUT2D eigenvalue weighted by Crippen LogP contribution is 2.54. The van der Waals surface area contributed by atoms with Gasteiger partial charge in [-0.25, -0.2) is 0 Å². The molecule has 5 aromatic rings. The summed E-state index contributed by atoms with van der Waals surface area (Å²) in [5, 5.41) is 5.38. The van der Waals surface area contributed by atoms with Crippen molar-refractivity contribution in [2.45, 2.75) is 32.9 Å². The van der Waals surface area contributed by atoms with Gasteiger partial charge in [-0.2, -0.15) is 0 Å². The Morgan fingerprint density at radius 3 is 1.65 bits per heavy atom. The SMILES string of the molecule is C/C=C\[C@@H]1C=CC=CN1C(=N[C@H](COC)C(C)C)c1ccc(-c2ccc([P+](c3ccccc3)(c3ccccc3)c3ccccc3)cc2)cc1. The number of nitrogens with zero attached hydrogens (tertiary/aromatic N) is 2. The van der Waals surface area contributed by atoms with Crippen molar-refractivity contribution in [1.82, 2.24) is 4.90 Å². The van der Waals surface area contributed by atoms with Crippen LogP contribution in [0, 0.1) is 5.92 Å². The minimum atomic E-state index is -2.14. The molecule has 4 heteroatoms. The zero-order chi connectivity index (χ0) is 34.1. The van der Waals surface area contributed by atoms with Crippen molar-refractivity contribution < 1.29 is 4.74 Å². The number of hydrogen-bond donors (Lipinski definition) is 0. The molecule has 0 unspecified atom stereocenters. The molecule has 3 nitrogen and oxygen atoms in total. The standard InChI is InChI=1S/C45H46N2OP/c1-5-17-39-18-15-16-33-47(39)45(46-44(34-48-4)35(2)3)38-27-25-36(26-28-38)37-29-31-43(32-30-37)49(40-19-9-6-10-20-40,41-21-11-7-12-22-41)42-23-13-8-14-24-42/h5-33,35,39,44H,34H2,1-4H3/q+1/b17-5-,46-45?/t39-,44-/m1/s1. The summed E-state index contributed by atoms with van der Waals surface area (Å²) in [7, 11) is -0.390. The third kappa shape index (κ3) is 7.30. The molecule has 1 aliphatic heterocycles. The van der Waals surface area contributed by atoms with Gasteiger partial charge >= 0.3 is 0 Å². The Hall–Kier alpha value is -4.82. The Balaban J connectivity index is 1.40. The highest BCUT2D eigenvalue weighted by molar-refractivity contribution is 8.01. The van der Waals surface area contributed by atoms with Crippen LogP contribution in [-0.4, -0.2) is 36.5 Å². The second kappa shape index (κ2) is 16.1. The molecule has 0 saturated heterocycles. The number of rotatable bonds is 11. The summed E-state index contributed by atoms with van der Waals surface area (Å²) in [5.41, 5.74) is 3.45. The fraction of sp³-hybridized carbons (Fsp3) is 0.178. The first kappa shape index (κ1) is 34.1. The number of aliphatic imine (C=N–C) groups is 1. The Bertz CT molecular complexity index is 1800. The molecule has 1 heterocycles. The molecule has 0 aromatic heterocycles. The van der Waals surface area contributed by atoms with Gasteiger partial charge in [0.1, 0.15) is 34.3 Å². The van der Waals surface area contributed by atoms with Gasteiger partial charge in [-0.1, -0.05) is 129 Å². The van der Waals surface area contributed by atoms with Crippen LogP contribution in [0.4, 0.5) is 0 Å². The van der Waals surface area contributed by atoms with Gasteiger partial charge in [0.2, 0.25) is 0 Å². The van der Waals surface area contributed by atoms with Crippen LogP contribution >= 0.6 is 7.26 Å². The van der Waals surface area contributed by atoms with Crippen molar-refractivity contribution in [3.05, 3.63) is 182 Å². The molecule has 0 amide bonds. The van der Waals surface area contributed by atoms with E-state index >= 15 is 0 Å². The van der Waals surface area contributed by atoms with Gasteiger partial charge in [0.05, 0.1) is 18.7 Å². The third-order valence-corrected chi connectivity index (χ3v) is 13.5. The minimum Gasteiger partial charge on any atom is -0.382 e. The minimum absolute atomic E-state index is 0.0419. The smallest absolute Gasteiger partial charge is 0.144 e. The van der Waals surface area contributed by atoms with E-state index in [9.17, 15) is 0 Å². The van der Waals surface area contributed by atoms with Crippen molar-refractivity contribution in [2.24, 2.45) is 10.9 Å². The molecule has 0 saturated carbocycles. The van der Waals surface area contributed by atoms with Gasteiger partial charge in [-0.3, -0.25) is 4.99 Å². The predicted octanol–water partition coefficient (Wildman–Crippen LogP) is 8.72. The monoisotopic (exact) mass is 661 g/mol. The molecule has 49 heavy (non-hydrogen) atoms. The van der Waals surface area contributed by atoms with E-state index < -0.39 is 7.26 Å². The number of ether oxygens (including phenoxy) is 1. The van der Waals surface area contributed by atoms with Crippen LogP contribution in [0.25, 0.3) is 11.1 Å². The van der Waals surface area contributed by atoms with Gasteiger partial charge in [0.15, 0.2) is 0 Å². The summed E-state index contributed by atoms with van der Waals surface area (Å²) in [6, 6.07) is 51.4. The average molecular weight is 662 g/mol. The number of benzene rings is 5. The van der Waals surface area contributed by atoms with Gasteiger partial charge < -0.3 is 9.64 Å². The fourth-order valence-electron chi connectivity index (χ4n) is 6.61. The number of amidine groups is 1. The molecular weight excluding hydrogens is 615 g/mol. The molecule has 2 atom stereocenters. The first-order valence-electron chi connectivity index (χ1n) is 17.2. The molecular formula is C45H46N2OP+. The lowest BCUT2D eigenvalue weighted by atomic mass is 10.0. The molecule has 6 rings (SSSR count). The van der Waals surface area contributed by atoms with E-state index in [1.54, 1.807) is 7.11 Å².